The van der Waals surface area contributed by atoms with Gasteiger partial charge in [0.1, 0.15) is 0 Å². The van der Waals surface area contributed by atoms with E-state index in [1.165, 1.54) is 11.8 Å². The Labute approximate surface area is 162 Å². The van der Waals surface area contributed by atoms with Gasteiger partial charge >= 0.3 is 0 Å². The Bertz CT molecular complexity index is 924. The Hall–Kier alpha value is -3.12. The number of nitrogens with one attached hydrogen (secondary N) is 1. The number of hydrogen-bond donors (Lipinski definition) is 1. The number of aromatic nitrogens is 1. The molecule has 1 N–H and O–H groups in total. The van der Waals surface area contributed by atoms with E-state index in [2.05, 4.69) is 21.9 Å². The van der Waals surface area contributed by atoms with Crippen LogP contribution >= 0.6 is 11.8 Å². The van der Waals surface area contributed by atoms with Gasteiger partial charge in [0.2, 0.25) is 0 Å². The van der Waals surface area contributed by atoms with Crippen LogP contribution in [0.4, 0.5) is 0 Å². The van der Waals surface area contributed by atoms with Gasteiger partial charge in [-0.3, -0.25) is 14.8 Å². The number of thioether (sulfide) groups is 1. The maximum atomic E-state index is 12.5. The van der Waals surface area contributed by atoms with E-state index in [1.54, 1.807) is 36.8 Å². The second kappa shape index (κ2) is 9.54. The molecular formula is C21H19N3O2S. The van der Waals surface area contributed by atoms with Crippen LogP contribution in [0.3, 0.4) is 0 Å². The minimum Gasteiger partial charge on any atom is -0.445 e. The summed E-state index contributed by atoms with van der Waals surface area (Å²) in [7, 11) is 0. The summed E-state index contributed by atoms with van der Waals surface area (Å²) in [6.07, 6.45) is 14.4. The topological polar surface area (TPSA) is 67.5 Å². The van der Waals surface area contributed by atoms with Gasteiger partial charge in [0, 0.05) is 30.1 Å². The number of allylic oxidation sites excluding steroid dienone is 5. The Morgan fingerprint density at radius 1 is 1.22 bits per heavy atom. The fourth-order valence-electron chi connectivity index (χ4n) is 2.25. The molecule has 0 radical (unpaired) electrons. The van der Waals surface area contributed by atoms with Gasteiger partial charge < -0.3 is 9.73 Å². The zero-order valence-corrected chi connectivity index (χ0v) is 15.5. The van der Waals surface area contributed by atoms with Gasteiger partial charge in [-0.2, -0.15) is 0 Å². The number of nitrogens with zero attached hydrogens (tertiary/aromatic N) is 2. The zero-order chi connectivity index (χ0) is 18.9. The first-order valence-corrected chi connectivity index (χ1v) is 9.36. The Morgan fingerprint density at radius 3 is 2.93 bits per heavy atom. The van der Waals surface area contributed by atoms with Crippen molar-refractivity contribution < 1.29 is 9.21 Å². The monoisotopic (exact) mass is 377 g/mol. The molecular weight excluding hydrogens is 358 g/mol. The van der Waals surface area contributed by atoms with Crippen molar-refractivity contribution in [2.75, 3.05) is 6.54 Å². The van der Waals surface area contributed by atoms with E-state index in [-0.39, 0.29) is 11.7 Å². The molecule has 1 aliphatic rings. The molecule has 27 heavy (non-hydrogen) atoms. The molecule has 0 saturated carbocycles. The first-order valence-electron chi connectivity index (χ1n) is 8.37. The number of rotatable bonds is 5. The lowest BCUT2D eigenvalue weighted by Gasteiger charge is -2.05. The predicted molar refractivity (Wildman–Crippen MR) is 109 cm³/mol. The van der Waals surface area contributed by atoms with Gasteiger partial charge in [-0.05, 0) is 53.6 Å². The molecule has 1 aliphatic heterocycles. The second-order valence-electron chi connectivity index (χ2n) is 5.67. The van der Waals surface area contributed by atoms with Gasteiger partial charge in [0.05, 0.1) is 6.54 Å². The highest BCUT2D eigenvalue weighted by atomic mass is 32.2. The quantitative estimate of drug-likeness (QED) is 0.788. The van der Waals surface area contributed by atoms with Gasteiger partial charge in [-0.25, -0.2) is 0 Å². The third kappa shape index (κ3) is 5.97. The molecule has 0 aromatic carbocycles. The predicted octanol–water partition coefficient (Wildman–Crippen LogP) is 4.33. The lowest BCUT2D eigenvalue weighted by atomic mass is 10.2. The second-order valence-corrected chi connectivity index (χ2v) is 6.65. The van der Waals surface area contributed by atoms with E-state index in [0.29, 0.717) is 17.3 Å². The number of carbonyl (C=O) groups excluding carboxylic acids is 1. The fourth-order valence-corrected chi connectivity index (χ4v) is 3.06. The fraction of sp³-hybridized carbons (Fsp3) is 0.0952. The Kier molecular flexibility index (Phi) is 6.60. The molecule has 1 amide bonds. The molecule has 136 valence electrons. The number of hydrogen-bond acceptors (Lipinski definition) is 5. The van der Waals surface area contributed by atoms with Crippen LogP contribution < -0.4 is 5.32 Å². The minimum absolute atomic E-state index is 0.262. The molecule has 3 rings (SSSR count). The molecule has 0 fully saturated rings. The molecule has 0 saturated heterocycles. The maximum Gasteiger partial charge on any atom is 0.291 e. The summed E-state index contributed by atoms with van der Waals surface area (Å²) in [6.45, 7) is 4.48. The van der Waals surface area contributed by atoms with Crippen molar-refractivity contribution in [2.45, 2.75) is 10.8 Å². The molecule has 2 aromatic heterocycles. The van der Waals surface area contributed by atoms with Gasteiger partial charge in [0.25, 0.3) is 5.91 Å². The van der Waals surface area contributed by atoms with E-state index in [9.17, 15) is 4.79 Å². The summed E-state index contributed by atoms with van der Waals surface area (Å²) in [5, 5.41) is 3.54. The van der Waals surface area contributed by atoms with Gasteiger partial charge in [-0.1, -0.05) is 30.5 Å². The van der Waals surface area contributed by atoms with Crippen molar-refractivity contribution in [3.8, 4) is 0 Å². The SMILES string of the molecule is C=C1/C=C\C=N/C/C=C\C(NC(=O)c2ccc(SCc3ccncc3)o2)=C/1. The standard InChI is InChI=1S/C21H19N3O2S/c1-16-4-2-10-22-11-3-5-18(14-16)24-21(25)19-6-7-20(26-19)27-15-17-8-12-23-13-9-17/h2-10,12-14H,1,11,15H2,(H,24,25)/b4-2-,5-3-,18-14+,22-10-. The Morgan fingerprint density at radius 2 is 2.07 bits per heavy atom. The lowest BCUT2D eigenvalue weighted by molar-refractivity contribution is 0.0935. The van der Waals surface area contributed by atoms with E-state index in [4.69, 9.17) is 4.42 Å². The van der Waals surface area contributed by atoms with Crippen LogP contribution in [-0.4, -0.2) is 23.7 Å². The van der Waals surface area contributed by atoms with Crippen LogP contribution in [0.5, 0.6) is 0 Å². The van der Waals surface area contributed by atoms with Crippen LogP contribution in [0.2, 0.25) is 0 Å². The van der Waals surface area contributed by atoms with Crippen molar-refractivity contribution in [1.29, 1.82) is 0 Å². The summed E-state index contributed by atoms with van der Waals surface area (Å²) >= 11 is 1.53. The average Bonchev–Trinajstić information content (AvgIpc) is 3.15. The van der Waals surface area contributed by atoms with Crippen LogP contribution in [0.25, 0.3) is 0 Å². The minimum atomic E-state index is -0.306. The highest BCUT2D eigenvalue weighted by Gasteiger charge is 2.12. The summed E-state index contributed by atoms with van der Waals surface area (Å²) in [5.74, 6) is 0.703. The molecule has 3 heterocycles. The van der Waals surface area contributed by atoms with E-state index in [1.807, 2.05) is 36.4 Å². The molecule has 0 bridgehead atoms. The van der Waals surface area contributed by atoms with Crippen molar-refractivity contribution in [3.63, 3.8) is 0 Å². The molecule has 5 nitrogen and oxygen atoms in total. The normalized spacial score (nSPS) is 19.6. The van der Waals surface area contributed by atoms with Crippen LogP contribution in [0.1, 0.15) is 16.1 Å². The first-order chi connectivity index (χ1) is 13.2. The molecule has 2 aromatic rings. The summed E-state index contributed by atoms with van der Waals surface area (Å²) in [6, 6.07) is 7.38. The lowest BCUT2D eigenvalue weighted by Crippen LogP contribution is -2.21. The highest BCUT2D eigenvalue weighted by molar-refractivity contribution is 7.98. The number of furan rings is 1. The number of carbonyl (C=O) groups is 1. The van der Waals surface area contributed by atoms with E-state index in [0.717, 1.165) is 16.9 Å². The van der Waals surface area contributed by atoms with Crippen molar-refractivity contribution in [1.82, 2.24) is 10.3 Å². The Balaban J connectivity index is 1.63. The number of aliphatic imine (C=N–C) groups is 1. The van der Waals surface area contributed by atoms with Crippen molar-refractivity contribution in [2.24, 2.45) is 4.99 Å². The van der Waals surface area contributed by atoms with Crippen molar-refractivity contribution >= 4 is 23.9 Å². The van der Waals surface area contributed by atoms with Gasteiger partial charge in [0.15, 0.2) is 10.9 Å². The van der Waals surface area contributed by atoms with E-state index >= 15 is 0 Å². The third-order valence-corrected chi connectivity index (χ3v) is 4.53. The molecule has 0 atom stereocenters. The summed E-state index contributed by atoms with van der Waals surface area (Å²) < 4.78 is 5.66. The zero-order valence-electron chi connectivity index (χ0n) is 14.7. The molecule has 0 unspecified atom stereocenters. The van der Waals surface area contributed by atoms with Crippen LogP contribution in [0.15, 0.2) is 99.4 Å². The average molecular weight is 377 g/mol. The number of pyridine rings is 1. The maximum absolute atomic E-state index is 12.5. The van der Waals surface area contributed by atoms with Gasteiger partial charge in [-0.15, -0.1) is 0 Å². The smallest absolute Gasteiger partial charge is 0.291 e. The summed E-state index contributed by atoms with van der Waals surface area (Å²) in [5.41, 5.74) is 2.54. The van der Waals surface area contributed by atoms with E-state index < -0.39 is 0 Å². The molecule has 0 spiro atoms. The number of amides is 1. The third-order valence-electron chi connectivity index (χ3n) is 3.54. The van der Waals surface area contributed by atoms with Crippen molar-refractivity contribution in [3.05, 3.63) is 96.2 Å². The molecule has 0 aliphatic carbocycles. The van der Waals surface area contributed by atoms with Crippen LogP contribution in [-0.2, 0) is 5.75 Å². The highest BCUT2D eigenvalue weighted by Crippen LogP contribution is 2.24. The first kappa shape index (κ1) is 18.7. The largest absolute Gasteiger partial charge is 0.445 e. The van der Waals surface area contributed by atoms with Crippen LogP contribution in [0, 0.1) is 0 Å². The summed E-state index contributed by atoms with van der Waals surface area (Å²) in [4.78, 5) is 20.7. The molecule has 6 heteroatoms.